The average Bonchev–Trinajstić information content (AvgIpc) is 3.05. The fourth-order valence-electron chi connectivity index (χ4n) is 2.19. The van der Waals surface area contributed by atoms with Crippen molar-refractivity contribution in [2.75, 3.05) is 13.1 Å². The van der Waals surface area contributed by atoms with Crippen molar-refractivity contribution in [1.29, 1.82) is 0 Å². The zero-order valence-electron chi connectivity index (χ0n) is 12.7. The molecule has 1 fully saturated rings. The number of thiophene rings is 1. The number of hydrogen-bond acceptors (Lipinski definition) is 4. The van der Waals surface area contributed by atoms with Gasteiger partial charge in [0.2, 0.25) is 5.91 Å². The van der Waals surface area contributed by atoms with E-state index in [0.717, 1.165) is 5.56 Å². The maximum absolute atomic E-state index is 12.1. The summed E-state index contributed by atoms with van der Waals surface area (Å²) < 4.78 is 5.33. The van der Waals surface area contributed by atoms with Crippen LogP contribution in [0, 0.1) is 5.92 Å². The van der Waals surface area contributed by atoms with E-state index in [0.29, 0.717) is 26.1 Å². The second kappa shape index (κ2) is 6.47. The van der Waals surface area contributed by atoms with Gasteiger partial charge >= 0.3 is 6.09 Å². The molecule has 1 saturated heterocycles. The normalized spacial score (nSPS) is 18.6. The van der Waals surface area contributed by atoms with Gasteiger partial charge in [0.1, 0.15) is 5.60 Å². The topological polar surface area (TPSA) is 58.6 Å². The van der Waals surface area contributed by atoms with Crippen molar-refractivity contribution in [2.45, 2.75) is 39.3 Å². The number of amides is 2. The SMILES string of the molecule is CC(C)(C)OC(=O)N1CCC(C(=O)NCc2ccsc2)C1. The maximum Gasteiger partial charge on any atom is 0.410 e. The Labute approximate surface area is 129 Å². The van der Waals surface area contributed by atoms with Crippen LogP contribution < -0.4 is 5.32 Å². The first-order chi connectivity index (χ1) is 9.85. The van der Waals surface area contributed by atoms with Crippen molar-refractivity contribution >= 4 is 23.3 Å². The highest BCUT2D eigenvalue weighted by molar-refractivity contribution is 7.07. The highest BCUT2D eigenvalue weighted by atomic mass is 32.1. The predicted octanol–water partition coefficient (Wildman–Crippen LogP) is 2.62. The van der Waals surface area contributed by atoms with Crippen LogP contribution in [0.15, 0.2) is 16.8 Å². The smallest absolute Gasteiger partial charge is 0.410 e. The lowest BCUT2D eigenvalue weighted by molar-refractivity contribution is -0.124. The highest BCUT2D eigenvalue weighted by Crippen LogP contribution is 2.19. The molecule has 0 saturated carbocycles. The van der Waals surface area contributed by atoms with Crippen LogP contribution in [0.5, 0.6) is 0 Å². The second-order valence-corrected chi connectivity index (χ2v) is 7.04. The number of likely N-dealkylation sites (tertiary alicyclic amines) is 1. The van der Waals surface area contributed by atoms with Gasteiger partial charge in [-0.2, -0.15) is 11.3 Å². The van der Waals surface area contributed by atoms with E-state index in [1.165, 1.54) is 0 Å². The lowest BCUT2D eigenvalue weighted by Gasteiger charge is -2.24. The molecule has 0 aromatic carbocycles. The Morgan fingerprint density at radius 1 is 1.48 bits per heavy atom. The lowest BCUT2D eigenvalue weighted by Crippen LogP contribution is -2.37. The molecule has 0 spiro atoms. The molecule has 2 heterocycles. The first-order valence-corrected chi connectivity index (χ1v) is 8.06. The lowest BCUT2D eigenvalue weighted by atomic mass is 10.1. The van der Waals surface area contributed by atoms with Gasteiger partial charge in [-0.05, 0) is 49.6 Å². The van der Waals surface area contributed by atoms with Crippen molar-refractivity contribution in [1.82, 2.24) is 10.2 Å². The molecule has 1 aromatic rings. The Balaban J connectivity index is 1.78. The molecule has 1 aliphatic heterocycles. The minimum atomic E-state index is -0.504. The van der Waals surface area contributed by atoms with E-state index < -0.39 is 5.60 Å². The fraction of sp³-hybridized carbons (Fsp3) is 0.600. The van der Waals surface area contributed by atoms with E-state index in [-0.39, 0.29) is 17.9 Å². The van der Waals surface area contributed by atoms with E-state index in [4.69, 9.17) is 4.74 Å². The molecule has 1 N–H and O–H groups in total. The van der Waals surface area contributed by atoms with E-state index in [9.17, 15) is 9.59 Å². The molecular formula is C15H22N2O3S. The van der Waals surface area contributed by atoms with Crippen molar-refractivity contribution in [3.8, 4) is 0 Å². The van der Waals surface area contributed by atoms with E-state index in [1.54, 1.807) is 16.2 Å². The standard InChI is InChI=1S/C15H22N2O3S/c1-15(2,3)20-14(19)17-6-4-12(9-17)13(18)16-8-11-5-7-21-10-11/h5,7,10,12H,4,6,8-9H2,1-3H3,(H,16,18). The molecule has 2 rings (SSSR count). The summed E-state index contributed by atoms with van der Waals surface area (Å²) in [5.41, 5.74) is 0.603. The molecule has 0 bridgehead atoms. The van der Waals surface area contributed by atoms with Gasteiger partial charge in [-0.1, -0.05) is 0 Å². The number of nitrogens with one attached hydrogen (secondary N) is 1. The van der Waals surface area contributed by atoms with Crippen LogP contribution in [0.2, 0.25) is 0 Å². The zero-order valence-corrected chi connectivity index (χ0v) is 13.5. The molecule has 1 aliphatic rings. The molecule has 116 valence electrons. The second-order valence-electron chi connectivity index (χ2n) is 6.26. The Hall–Kier alpha value is -1.56. The summed E-state index contributed by atoms with van der Waals surface area (Å²) in [5.74, 6) is -0.136. The number of ether oxygens (including phenoxy) is 1. The molecule has 1 unspecified atom stereocenters. The summed E-state index contributed by atoms with van der Waals surface area (Å²) in [6, 6.07) is 1.99. The van der Waals surface area contributed by atoms with E-state index in [2.05, 4.69) is 5.32 Å². The Morgan fingerprint density at radius 3 is 2.86 bits per heavy atom. The monoisotopic (exact) mass is 310 g/mol. The quantitative estimate of drug-likeness (QED) is 0.933. The molecule has 0 radical (unpaired) electrons. The zero-order chi connectivity index (χ0) is 15.5. The number of nitrogens with zero attached hydrogens (tertiary/aromatic N) is 1. The minimum absolute atomic E-state index is 0.00672. The van der Waals surface area contributed by atoms with Gasteiger partial charge in [-0.25, -0.2) is 4.79 Å². The first-order valence-electron chi connectivity index (χ1n) is 7.12. The third-order valence-corrected chi connectivity index (χ3v) is 3.99. The van der Waals surface area contributed by atoms with Crippen molar-refractivity contribution < 1.29 is 14.3 Å². The van der Waals surface area contributed by atoms with Crippen LogP contribution in [0.3, 0.4) is 0 Å². The molecule has 1 aromatic heterocycles. The highest BCUT2D eigenvalue weighted by Gasteiger charge is 2.33. The number of rotatable bonds is 3. The van der Waals surface area contributed by atoms with Gasteiger partial charge in [0, 0.05) is 19.6 Å². The Kier molecular flexibility index (Phi) is 4.88. The first kappa shape index (κ1) is 15.8. The largest absolute Gasteiger partial charge is 0.444 e. The van der Waals surface area contributed by atoms with Gasteiger partial charge in [0.15, 0.2) is 0 Å². The van der Waals surface area contributed by atoms with Gasteiger partial charge in [0.25, 0.3) is 0 Å². The third kappa shape index (κ3) is 4.74. The summed E-state index contributed by atoms with van der Waals surface area (Å²) in [7, 11) is 0. The van der Waals surface area contributed by atoms with E-state index >= 15 is 0 Å². The van der Waals surface area contributed by atoms with Crippen LogP contribution in [0.1, 0.15) is 32.8 Å². The van der Waals surface area contributed by atoms with Gasteiger partial charge < -0.3 is 15.0 Å². The molecule has 1 atom stereocenters. The fourth-order valence-corrected chi connectivity index (χ4v) is 2.86. The third-order valence-electron chi connectivity index (χ3n) is 3.26. The van der Waals surface area contributed by atoms with E-state index in [1.807, 2.05) is 37.6 Å². The van der Waals surface area contributed by atoms with Crippen molar-refractivity contribution in [2.24, 2.45) is 5.92 Å². The van der Waals surface area contributed by atoms with Crippen molar-refractivity contribution in [3.05, 3.63) is 22.4 Å². The van der Waals surface area contributed by atoms with Crippen LogP contribution in [-0.2, 0) is 16.1 Å². The Bertz CT molecular complexity index is 494. The summed E-state index contributed by atoms with van der Waals surface area (Å²) in [6.45, 7) is 7.07. The maximum atomic E-state index is 12.1. The number of hydrogen-bond donors (Lipinski definition) is 1. The molecule has 21 heavy (non-hydrogen) atoms. The van der Waals surface area contributed by atoms with Gasteiger partial charge in [-0.3, -0.25) is 4.79 Å². The molecule has 2 amide bonds. The van der Waals surface area contributed by atoms with Crippen LogP contribution in [-0.4, -0.2) is 35.6 Å². The van der Waals surface area contributed by atoms with Crippen LogP contribution in [0.25, 0.3) is 0 Å². The van der Waals surface area contributed by atoms with Crippen LogP contribution in [0.4, 0.5) is 4.79 Å². The minimum Gasteiger partial charge on any atom is -0.444 e. The summed E-state index contributed by atoms with van der Waals surface area (Å²) in [5, 5.41) is 6.93. The van der Waals surface area contributed by atoms with Crippen molar-refractivity contribution in [3.63, 3.8) is 0 Å². The van der Waals surface area contributed by atoms with Gasteiger partial charge in [-0.15, -0.1) is 0 Å². The molecule has 5 nitrogen and oxygen atoms in total. The Morgan fingerprint density at radius 2 is 2.24 bits per heavy atom. The molecule has 0 aliphatic carbocycles. The number of carbonyl (C=O) groups is 2. The van der Waals surface area contributed by atoms with Crippen LogP contribution >= 0.6 is 11.3 Å². The summed E-state index contributed by atoms with van der Waals surface area (Å²) >= 11 is 1.61. The molecule has 6 heteroatoms. The molecular weight excluding hydrogens is 288 g/mol. The predicted molar refractivity (Wildman–Crippen MR) is 82.1 cm³/mol. The summed E-state index contributed by atoms with van der Waals surface area (Å²) in [4.78, 5) is 25.7. The van der Waals surface area contributed by atoms with Gasteiger partial charge in [0.05, 0.1) is 5.92 Å². The average molecular weight is 310 g/mol. The number of carbonyl (C=O) groups excluding carboxylic acids is 2. The summed E-state index contributed by atoms with van der Waals surface area (Å²) in [6.07, 6.45) is 0.352.